The first kappa shape index (κ1) is 23.6. The highest BCUT2D eigenvalue weighted by Gasteiger charge is 2.32. The van der Waals surface area contributed by atoms with Crippen LogP contribution >= 0.6 is 11.3 Å². The lowest BCUT2D eigenvalue weighted by Crippen LogP contribution is -2.47. The van der Waals surface area contributed by atoms with Crippen LogP contribution in [0.5, 0.6) is 17.4 Å². The van der Waals surface area contributed by atoms with E-state index in [1.165, 1.54) is 16.9 Å². The molecule has 1 N–H and O–H groups in total. The van der Waals surface area contributed by atoms with Gasteiger partial charge in [0.2, 0.25) is 10.8 Å². The van der Waals surface area contributed by atoms with Gasteiger partial charge in [-0.05, 0) is 23.3 Å². The molecule has 0 amide bonds. The van der Waals surface area contributed by atoms with Gasteiger partial charge in [0.15, 0.2) is 17.3 Å². The van der Waals surface area contributed by atoms with E-state index < -0.39 is 0 Å². The number of nitrogens with zero attached hydrogens (tertiary/aromatic N) is 5. The summed E-state index contributed by atoms with van der Waals surface area (Å²) < 4.78 is 12.6. The van der Waals surface area contributed by atoms with Gasteiger partial charge in [0.05, 0.1) is 25.1 Å². The number of piperazine rings is 1. The molecule has 184 valence electrons. The van der Waals surface area contributed by atoms with Crippen molar-refractivity contribution in [3.05, 3.63) is 70.4 Å². The lowest BCUT2D eigenvalue weighted by molar-refractivity contribution is 0.105. The smallest absolute Gasteiger partial charge is 0.230 e. The summed E-state index contributed by atoms with van der Waals surface area (Å²) in [6.07, 6.45) is 0.728. The first-order chi connectivity index (χ1) is 17.1. The Kier molecular flexibility index (Phi) is 6.90. The van der Waals surface area contributed by atoms with E-state index in [2.05, 4.69) is 56.3 Å². The molecule has 2 aromatic carbocycles. The Hall–Kier alpha value is -3.14. The van der Waals surface area contributed by atoms with E-state index in [0.717, 1.165) is 55.4 Å². The zero-order chi connectivity index (χ0) is 24.4. The van der Waals surface area contributed by atoms with Crippen LogP contribution in [0.15, 0.2) is 48.5 Å². The fourth-order valence-electron chi connectivity index (χ4n) is 4.69. The molecule has 8 nitrogen and oxygen atoms in total. The van der Waals surface area contributed by atoms with Gasteiger partial charge in [-0.1, -0.05) is 54.7 Å². The van der Waals surface area contributed by atoms with Crippen LogP contribution in [-0.4, -0.2) is 69.9 Å². The molecular weight excluding hydrogens is 462 g/mol. The zero-order valence-corrected chi connectivity index (χ0v) is 21.2. The Morgan fingerprint density at radius 3 is 2.40 bits per heavy atom. The van der Waals surface area contributed by atoms with Crippen molar-refractivity contribution in [1.29, 1.82) is 0 Å². The van der Waals surface area contributed by atoms with Crippen LogP contribution in [0.1, 0.15) is 34.8 Å². The second kappa shape index (κ2) is 10.2. The molecule has 35 heavy (non-hydrogen) atoms. The minimum atomic E-state index is -0.146. The maximum atomic E-state index is 11.2. The van der Waals surface area contributed by atoms with Crippen molar-refractivity contribution < 1.29 is 14.6 Å². The molecule has 2 aromatic heterocycles. The molecule has 3 heterocycles. The number of aryl methyl sites for hydroxylation is 1. The van der Waals surface area contributed by atoms with Crippen LogP contribution in [0, 0.1) is 0 Å². The van der Waals surface area contributed by atoms with Gasteiger partial charge >= 0.3 is 0 Å². The first-order valence-electron chi connectivity index (χ1n) is 11.9. The van der Waals surface area contributed by atoms with Crippen molar-refractivity contribution in [3.8, 4) is 17.4 Å². The van der Waals surface area contributed by atoms with Gasteiger partial charge in [0.25, 0.3) is 0 Å². The molecule has 1 aliphatic heterocycles. The predicted molar refractivity (Wildman–Crippen MR) is 137 cm³/mol. The average Bonchev–Trinajstić information content (AvgIpc) is 3.44. The minimum absolute atomic E-state index is 0.146. The van der Waals surface area contributed by atoms with E-state index in [0.29, 0.717) is 16.5 Å². The Morgan fingerprint density at radius 1 is 1.00 bits per heavy atom. The minimum Gasteiger partial charge on any atom is -0.493 e. The number of rotatable bonds is 8. The van der Waals surface area contributed by atoms with Crippen LogP contribution in [0.2, 0.25) is 0 Å². The maximum absolute atomic E-state index is 11.2. The van der Waals surface area contributed by atoms with Crippen molar-refractivity contribution in [2.45, 2.75) is 25.9 Å². The monoisotopic (exact) mass is 493 g/mol. The molecule has 5 rings (SSSR count). The third kappa shape index (κ3) is 4.71. The van der Waals surface area contributed by atoms with E-state index in [1.807, 2.05) is 19.1 Å². The number of ether oxygens (including phenoxy) is 2. The molecule has 4 aromatic rings. The summed E-state index contributed by atoms with van der Waals surface area (Å²) >= 11 is 1.50. The molecule has 0 unspecified atom stereocenters. The maximum Gasteiger partial charge on any atom is 0.230 e. The van der Waals surface area contributed by atoms with Crippen LogP contribution in [0.3, 0.4) is 0 Å². The molecule has 0 aliphatic carbocycles. The number of hydrogen-bond donors (Lipinski definition) is 1. The highest BCUT2D eigenvalue weighted by Crippen LogP contribution is 2.42. The van der Waals surface area contributed by atoms with Crippen LogP contribution in [0.25, 0.3) is 4.96 Å². The van der Waals surface area contributed by atoms with Crippen molar-refractivity contribution in [1.82, 2.24) is 24.4 Å². The fourth-order valence-corrected chi connectivity index (χ4v) is 5.83. The second-order valence-electron chi connectivity index (χ2n) is 8.68. The molecule has 1 saturated heterocycles. The van der Waals surface area contributed by atoms with Gasteiger partial charge in [-0.15, -0.1) is 5.10 Å². The molecular formula is C26H31N5O3S. The Balaban J connectivity index is 1.46. The summed E-state index contributed by atoms with van der Waals surface area (Å²) in [6.45, 7) is 6.59. The zero-order valence-electron chi connectivity index (χ0n) is 20.3. The Labute approximate surface area is 209 Å². The average molecular weight is 494 g/mol. The number of hydrogen-bond acceptors (Lipinski definition) is 8. The van der Waals surface area contributed by atoms with E-state index in [-0.39, 0.29) is 11.9 Å². The van der Waals surface area contributed by atoms with Crippen molar-refractivity contribution in [3.63, 3.8) is 0 Å². The number of benzene rings is 2. The number of methoxy groups -OCH3 is 2. The molecule has 1 aliphatic rings. The number of aromatic hydroxyl groups is 1. The number of fused-ring (bicyclic) bond motifs is 1. The third-order valence-corrected chi connectivity index (χ3v) is 7.63. The van der Waals surface area contributed by atoms with E-state index in [9.17, 15) is 5.11 Å². The predicted octanol–water partition coefficient (Wildman–Crippen LogP) is 3.98. The quantitative estimate of drug-likeness (QED) is 0.398. The normalized spacial score (nSPS) is 16.0. The van der Waals surface area contributed by atoms with Crippen LogP contribution in [-0.2, 0) is 13.0 Å². The summed E-state index contributed by atoms with van der Waals surface area (Å²) in [5, 5.41) is 15.7. The summed E-state index contributed by atoms with van der Waals surface area (Å²) in [4.78, 5) is 11.0. The summed E-state index contributed by atoms with van der Waals surface area (Å²) in [6, 6.07) is 16.4. The third-order valence-electron chi connectivity index (χ3n) is 6.55. The Bertz CT molecular complexity index is 1280. The van der Waals surface area contributed by atoms with Gasteiger partial charge < -0.3 is 14.6 Å². The van der Waals surface area contributed by atoms with Gasteiger partial charge in [0.1, 0.15) is 0 Å². The number of aromatic nitrogens is 3. The van der Waals surface area contributed by atoms with Gasteiger partial charge in [-0.2, -0.15) is 4.52 Å². The standard InChI is InChI=1S/C26H31N5O3S/c1-4-22-27-26-31(28-22)25(32)24(35-26)23(19-10-11-20(33-2)21(16-19)34-3)30-14-12-29(13-15-30)17-18-8-6-5-7-9-18/h5-11,16,23,32H,4,12-15,17H2,1-3H3/t23-/m1/s1. The SMILES string of the molecule is CCc1nc2sc([C@@H](c3ccc(OC)c(OC)c3)N3CCN(Cc4ccccc4)CC3)c(O)n2n1. The number of thiazole rings is 1. The summed E-state index contributed by atoms with van der Waals surface area (Å²) in [7, 11) is 3.28. The van der Waals surface area contributed by atoms with E-state index in [1.54, 1.807) is 18.7 Å². The molecule has 1 atom stereocenters. The highest BCUT2D eigenvalue weighted by atomic mass is 32.1. The van der Waals surface area contributed by atoms with Crippen molar-refractivity contribution in [2.75, 3.05) is 40.4 Å². The molecule has 0 spiro atoms. The lowest BCUT2D eigenvalue weighted by Gasteiger charge is -2.39. The summed E-state index contributed by atoms with van der Waals surface area (Å²) in [5.41, 5.74) is 2.36. The van der Waals surface area contributed by atoms with Crippen LogP contribution < -0.4 is 9.47 Å². The van der Waals surface area contributed by atoms with Gasteiger partial charge in [-0.3, -0.25) is 9.80 Å². The van der Waals surface area contributed by atoms with Gasteiger partial charge in [0, 0.05) is 39.1 Å². The fraction of sp³-hybridized carbons (Fsp3) is 0.385. The molecule has 0 saturated carbocycles. The molecule has 0 radical (unpaired) electrons. The molecule has 9 heteroatoms. The molecule has 1 fully saturated rings. The first-order valence-corrected chi connectivity index (χ1v) is 12.7. The van der Waals surface area contributed by atoms with Crippen LogP contribution in [0.4, 0.5) is 0 Å². The molecule has 0 bridgehead atoms. The van der Waals surface area contributed by atoms with Gasteiger partial charge in [-0.25, -0.2) is 4.98 Å². The summed E-state index contributed by atoms with van der Waals surface area (Å²) in [5.74, 6) is 2.24. The van der Waals surface area contributed by atoms with Crippen molar-refractivity contribution >= 4 is 16.3 Å². The van der Waals surface area contributed by atoms with E-state index >= 15 is 0 Å². The van der Waals surface area contributed by atoms with Crippen molar-refractivity contribution in [2.24, 2.45) is 0 Å². The largest absolute Gasteiger partial charge is 0.493 e. The Morgan fingerprint density at radius 2 is 1.74 bits per heavy atom. The lowest BCUT2D eigenvalue weighted by atomic mass is 10.0. The topological polar surface area (TPSA) is 75.4 Å². The second-order valence-corrected chi connectivity index (χ2v) is 9.69. The van der Waals surface area contributed by atoms with E-state index in [4.69, 9.17) is 9.47 Å². The highest BCUT2D eigenvalue weighted by molar-refractivity contribution is 7.17.